The fourth-order valence-electron chi connectivity index (χ4n) is 5.19. The number of dihydropyridines is 1. The normalized spacial score (nSPS) is 23.0. The number of hydrogen-bond acceptors (Lipinski definition) is 6. The summed E-state index contributed by atoms with van der Waals surface area (Å²) in [6.45, 7) is 6.04. The van der Waals surface area contributed by atoms with Gasteiger partial charge in [0.1, 0.15) is 6.10 Å². The average Bonchev–Trinajstić information content (AvgIpc) is 3.24. The van der Waals surface area contributed by atoms with E-state index < -0.39 is 11.9 Å². The Balaban J connectivity index is 1.77. The zero-order valence-electron chi connectivity index (χ0n) is 19.2. The molecule has 1 N–H and O–H groups in total. The number of benzene rings is 1. The van der Waals surface area contributed by atoms with Gasteiger partial charge in [0.05, 0.1) is 18.2 Å². The number of carbonyl (C=O) groups excluding carboxylic acids is 3. The molecule has 2 aliphatic carbocycles. The average molecular weight is 438 g/mol. The van der Waals surface area contributed by atoms with Crippen molar-refractivity contribution in [2.75, 3.05) is 7.11 Å². The zero-order valence-corrected chi connectivity index (χ0v) is 19.2. The van der Waals surface area contributed by atoms with Gasteiger partial charge in [-0.3, -0.25) is 4.79 Å². The summed E-state index contributed by atoms with van der Waals surface area (Å²) in [4.78, 5) is 38.6. The number of methoxy groups -OCH3 is 1. The molecule has 1 aromatic carbocycles. The molecule has 1 atom stereocenters. The minimum Gasteiger partial charge on any atom is -0.465 e. The van der Waals surface area contributed by atoms with E-state index in [2.05, 4.69) is 19.2 Å². The number of ketones is 1. The topological polar surface area (TPSA) is 81.7 Å². The lowest BCUT2D eigenvalue weighted by Gasteiger charge is -2.39. The van der Waals surface area contributed by atoms with Crippen molar-refractivity contribution in [3.05, 3.63) is 57.9 Å². The number of allylic oxidation sites excluding steroid dienone is 3. The van der Waals surface area contributed by atoms with Crippen molar-refractivity contribution in [1.29, 1.82) is 0 Å². The van der Waals surface area contributed by atoms with E-state index in [0.717, 1.165) is 49.1 Å². The second-order valence-corrected chi connectivity index (χ2v) is 9.86. The van der Waals surface area contributed by atoms with Gasteiger partial charge in [-0.05, 0) is 62.1 Å². The summed E-state index contributed by atoms with van der Waals surface area (Å²) in [7, 11) is 1.34. The van der Waals surface area contributed by atoms with E-state index in [1.54, 1.807) is 24.3 Å². The van der Waals surface area contributed by atoms with Gasteiger partial charge in [0.25, 0.3) is 0 Å². The van der Waals surface area contributed by atoms with Gasteiger partial charge < -0.3 is 14.8 Å². The molecule has 0 spiro atoms. The lowest BCUT2D eigenvalue weighted by molar-refractivity contribution is -0.144. The number of hydrogen-bond donors (Lipinski definition) is 1. The Morgan fingerprint density at radius 2 is 1.69 bits per heavy atom. The number of ether oxygens (including phenoxy) is 2. The molecular formula is C26H31NO5. The minimum absolute atomic E-state index is 0.0458. The maximum Gasteiger partial charge on any atom is 0.337 e. The fourth-order valence-corrected chi connectivity index (χ4v) is 5.19. The molecule has 0 radical (unpaired) electrons. The van der Waals surface area contributed by atoms with E-state index in [1.165, 1.54) is 7.11 Å². The van der Waals surface area contributed by atoms with Crippen LogP contribution < -0.4 is 5.32 Å². The van der Waals surface area contributed by atoms with Crippen LogP contribution in [0, 0.1) is 5.41 Å². The van der Waals surface area contributed by atoms with E-state index >= 15 is 0 Å². The summed E-state index contributed by atoms with van der Waals surface area (Å²) in [5, 5.41) is 3.36. The second kappa shape index (κ2) is 8.57. The maximum absolute atomic E-state index is 13.4. The predicted octanol–water partition coefficient (Wildman–Crippen LogP) is 4.56. The number of esters is 2. The van der Waals surface area contributed by atoms with Crippen molar-refractivity contribution in [3.8, 4) is 0 Å². The lowest BCUT2D eigenvalue weighted by Crippen LogP contribution is -2.39. The van der Waals surface area contributed by atoms with Gasteiger partial charge in [0.2, 0.25) is 0 Å². The standard InChI is InChI=1S/C26H31NO5/c1-15-21(25(30)32-18-7-5-6-8-18)22(16-9-11-17(12-10-16)24(29)31-4)23-19(27-15)13-26(2,3)14-20(23)28/h9-12,18,22,27H,5-8,13-14H2,1-4H3. The molecule has 1 unspecified atom stereocenters. The van der Waals surface area contributed by atoms with Crippen LogP contribution in [0.3, 0.4) is 0 Å². The first-order valence-corrected chi connectivity index (χ1v) is 11.3. The molecule has 32 heavy (non-hydrogen) atoms. The van der Waals surface area contributed by atoms with E-state index in [1.807, 2.05) is 6.92 Å². The van der Waals surface area contributed by atoms with Crippen LogP contribution in [0.5, 0.6) is 0 Å². The second-order valence-electron chi connectivity index (χ2n) is 9.86. The lowest BCUT2D eigenvalue weighted by atomic mass is 9.68. The number of Topliss-reactive ketones (excluding diaryl/α,β-unsaturated/α-hetero) is 1. The number of nitrogens with one attached hydrogen (secondary N) is 1. The molecule has 6 heteroatoms. The van der Waals surface area contributed by atoms with Gasteiger partial charge in [-0.25, -0.2) is 9.59 Å². The molecule has 1 fully saturated rings. The third kappa shape index (κ3) is 4.23. The quantitative estimate of drug-likeness (QED) is 0.696. The largest absolute Gasteiger partial charge is 0.465 e. The van der Waals surface area contributed by atoms with Crippen LogP contribution in [0.15, 0.2) is 46.8 Å². The van der Waals surface area contributed by atoms with Crippen LogP contribution in [0.1, 0.15) is 81.1 Å². The molecule has 1 aromatic rings. The van der Waals surface area contributed by atoms with Gasteiger partial charge in [-0.1, -0.05) is 26.0 Å². The Morgan fingerprint density at radius 1 is 1.03 bits per heavy atom. The van der Waals surface area contributed by atoms with Crippen LogP contribution in [-0.2, 0) is 19.1 Å². The molecule has 1 aliphatic heterocycles. The van der Waals surface area contributed by atoms with Crippen molar-refractivity contribution in [2.45, 2.75) is 71.3 Å². The molecule has 0 amide bonds. The van der Waals surface area contributed by atoms with Crippen molar-refractivity contribution in [1.82, 2.24) is 5.32 Å². The fraction of sp³-hybridized carbons (Fsp3) is 0.500. The van der Waals surface area contributed by atoms with Gasteiger partial charge in [-0.15, -0.1) is 0 Å². The molecule has 6 nitrogen and oxygen atoms in total. The molecule has 170 valence electrons. The molecule has 4 rings (SSSR count). The Bertz CT molecular complexity index is 1010. The summed E-state index contributed by atoms with van der Waals surface area (Å²) < 4.78 is 10.7. The third-order valence-corrected chi connectivity index (χ3v) is 6.70. The van der Waals surface area contributed by atoms with Crippen LogP contribution in [0.2, 0.25) is 0 Å². The van der Waals surface area contributed by atoms with Crippen molar-refractivity contribution >= 4 is 17.7 Å². The van der Waals surface area contributed by atoms with Crippen molar-refractivity contribution < 1.29 is 23.9 Å². The molecular weight excluding hydrogens is 406 g/mol. The van der Waals surface area contributed by atoms with E-state index in [4.69, 9.17) is 9.47 Å². The van der Waals surface area contributed by atoms with Gasteiger partial charge in [-0.2, -0.15) is 0 Å². The van der Waals surface area contributed by atoms with E-state index in [-0.39, 0.29) is 23.3 Å². The van der Waals surface area contributed by atoms with E-state index in [9.17, 15) is 14.4 Å². The molecule has 3 aliphatic rings. The Morgan fingerprint density at radius 3 is 2.31 bits per heavy atom. The summed E-state index contributed by atoms with van der Waals surface area (Å²) in [6, 6.07) is 6.96. The highest BCUT2D eigenvalue weighted by molar-refractivity contribution is 6.04. The van der Waals surface area contributed by atoms with Crippen LogP contribution in [0.4, 0.5) is 0 Å². The van der Waals surface area contributed by atoms with Crippen LogP contribution >= 0.6 is 0 Å². The highest BCUT2D eigenvalue weighted by atomic mass is 16.5. The summed E-state index contributed by atoms with van der Waals surface area (Å²) in [5.41, 5.74) is 3.78. The number of carbonyl (C=O) groups is 3. The van der Waals surface area contributed by atoms with Crippen molar-refractivity contribution in [2.24, 2.45) is 5.41 Å². The van der Waals surface area contributed by atoms with Crippen LogP contribution in [-0.4, -0.2) is 30.9 Å². The van der Waals surface area contributed by atoms with Crippen LogP contribution in [0.25, 0.3) is 0 Å². The first-order valence-electron chi connectivity index (χ1n) is 11.3. The van der Waals surface area contributed by atoms with Gasteiger partial charge in [0.15, 0.2) is 5.78 Å². The Hall–Kier alpha value is -2.89. The smallest absolute Gasteiger partial charge is 0.337 e. The van der Waals surface area contributed by atoms with Gasteiger partial charge >= 0.3 is 11.9 Å². The molecule has 1 heterocycles. The predicted molar refractivity (Wildman–Crippen MR) is 120 cm³/mol. The monoisotopic (exact) mass is 437 g/mol. The number of rotatable bonds is 4. The third-order valence-electron chi connectivity index (χ3n) is 6.70. The van der Waals surface area contributed by atoms with Gasteiger partial charge in [0, 0.05) is 29.3 Å². The zero-order chi connectivity index (χ0) is 23.0. The molecule has 0 bridgehead atoms. The first-order chi connectivity index (χ1) is 15.2. The molecule has 1 saturated carbocycles. The summed E-state index contributed by atoms with van der Waals surface area (Å²) in [6.07, 6.45) is 4.98. The highest BCUT2D eigenvalue weighted by Gasteiger charge is 2.43. The Labute approximate surface area is 189 Å². The summed E-state index contributed by atoms with van der Waals surface area (Å²) >= 11 is 0. The molecule has 0 saturated heterocycles. The SMILES string of the molecule is COC(=O)c1ccc(C2C(C(=O)OC3CCCC3)=C(C)NC3=C2C(=O)CC(C)(C)C3)cc1. The maximum atomic E-state index is 13.4. The Kier molecular flexibility index (Phi) is 5.97. The van der Waals surface area contributed by atoms with Crippen molar-refractivity contribution in [3.63, 3.8) is 0 Å². The highest BCUT2D eigenvalue weighted by Crippen LogP contribution is 2.47. The first kappa shape index (κ1) is 22.3. The summed E-state index contributed by atoms with van der Waals surface area (Å²) in [5.74, 6) is -1.27. The van der Waals surface area contributed by atoms with E-state index in [0.29, 0.717) is 23.1 Å². The minimum atomic E-state index is -0.518. The molecule has 0 aromatic heterocycles.